The van der Waals surface area contributed by atoms with Gasteiger partial charge in [-0.05, 0) is 72.3 Å². The Balaban J connectivity index is 1.30. The van der Waals surface area contributed by atoms with Crippen molar-refractivity contribution in [3.05, 3.63) is 89.3 Å². The predicted molar refractivity (Wildman–Crippen MR) is 150 cm³/mol. The van der Waals surface area contributed by atoms with Crippen molar-refractivity contribution in [2.24, 2.45) is 0 Å². The summed E-state index contributed by atoms with van der Waals surface area (Å²) in [7, 11) is 0. The molecule has 186 valence electrons. The lowest BCUT2D eigenvalue weighted by Gasteiger charge is -2.11. The van der Waals surface area contributed by atoms with Crippen LogP contribution >= 0.6 is 11.3 Å². The maximum atomic E-state index is 12.9. The molecule has 0 fully saturated rings. The first-order valence-corrected chi connectivity index (χ1v) is 12.8. The van der Waals surface area contributed by atoms with Crippen LogP contribution in [0.15, 0.2) is 72.2 Å². The van der Waals surface area contributed by atoms with Gasteiger partial charge >= 0.3 is 0 Å². The molecule has 8 nitrogen and oxygen atoms in total. The fraction of sp³-hybridized carbons (Fsp3) is 0.143. The van der Waals surface area contributed by atoms with Crippen molar-refractivity contribution in [3.8, 4) is 21.8 Å². The molecule has 37 heavy (non-hydrogen) atoms. The molecule has 0 saturated carbocycles. The second kappa shape index (κ2) is 10.2. The number of carbonyl (C=O) groups is 1. The monoisotopic (exact) mass is 509 g/mol. The summed E-state index contributed by atoms with van der Waals surface area (Å²) in [6.07, 6.45) is 1.70. The third kappa shape index (κ3) is 5.36. The van der Waals surface area contributed by atoms with E-state index in [1.54, 1.807) is 35.7 Å². The number of imidazole rings is 1. The number of hydrogen-bond acceptors (Lipinski definition) is 7. The number of amides is 1. The molecule has 2 aromatic carbocycles. The number of aryl methyl sites for hydroxylation is 1. The molecular formula is C28H27N7OS. The van der Waals surface area contributed by atoms with E-state index in [1.165, 1.54) is 0 Å². The Hall–Kier alpha value is -4.50. The molecule has 5 N–H and O–H groups in total. The van der Waals surface area contributed by atoms with Crippen molar-refractivity contribution in [2.45, 2.75) is 26.7 Å². The molecule has 0 unspecified atom stereocenters. The molecule has 0 aliphatic heterocycles. The van der Waals surface area contributed by atoms with Crippen molar-refractivity contribution in [2.75, 3.05) is 16.4 Å². The summed E-state index contributed by atoms with van der Waals surface area (Å²) in [5, 5.41) is 8.15. The Morgan fingerprint density at radius 1 is 1.05 bits per heavy atom. The molecule has 0 aliphatic rings. The highest BCUT2D eigenvalue weighted by Crippen LogP contribution is 2.31. The highest BCUT2D eigenvalue weighted by Gasteiger charge is 2.16. The average molecular weight is 510 g/mol. The number of hydrogen-bond donors (Lipinski definition) is 4. The van der Waals surface area contributed by atoms with Crippen molar-refractivity contribution in [1.29, 1.82) is 0 Å². The maximum absolute atomic E-state index is 12.9. The van der Waals surface area contributed by atoms with Crippen LogP contribution in [-0.2, 0) is 0 Å². The topological polar surface area (TPSA) is 122 Å². The van der Waals surface area contributed by atoms with E-state index in [0.717, 1.165) is 39.0 Å². The number of thiophene rings is 1. The Morgan fingerprint density at radius 3 is 2.59 bits per heavy atom. The molecule has 0 spiro atoms. The quantitative estimate of drug-likeness (QED) is 0.183. The number of aromatic amines is 1. The normalized spacial score (nSPS) is 11.0. The summed E-state index contributed by atoms with van der Waals surface area (Å²) in [6, 6.07) is 18.6. The first-order chi connectivity index (χ1) is 17.9. The summed E-state index contributed by atoms with van der Waals surface area (Å²) in [6.45, 7) is 6.16. The highest BCUT2D eigenvalue weighted by molar-refractivity contribution is 7.13. The minimum atomic E-state index is -0.241. The minimum absolute atomic E-state index is 0.241. The molecule has 0 bridgehead atoms. The molecule has 3 aromatic heterocycles. The predicted octanol–water partition coefficient (Wildman–Crippen LogP) is 6.61. The van der Waals surface area contributed by atoms with Gasteiger partial charge in [0.25, 0.3) is 5.91 Å². The Labute approximate surface area is 219 Å². The number of aromatic nitrogens is 4. The number of benzene rings is 2. The number of carbonyl (C=O) groups excluding carboxylic acids is 1. The Morgan fingerprint density at radius 2 is 1.86 bits per heavy atom. The molecule has 0 radical (unpaired) electrons. The molecule has 0 atom stereocenters. The smallest absolute Gasteiger partial charge is 0.255 e. The van der Waals surface area contributed by atoms with Gasteiger partial charge in [0.15, 0.2) is 0 Å². The van der Waals surface area contributed by atoms with E-state index in [4.69, 9.17) is 5.73 Å². The molecule has 9 heteroatoms. The largest absolute Gasteiger partial charge is 0.397 e. The van der Waals surface area contributed by atoms with E-state index in [9.17, 15) is 4.79 Å². The van der Waals surface area contributed by atoms with Gasteiger partial charge in [-0.25, -0.2) is 15.0 Å². The standard InChI is InChI=1S/C28H27N7OS/c1-16(2)25-26(32-17(3)31-25)22-12-13-30-28(35-22)33-20-9-6-18(7-10-20)27(36)34-23-15-19(8-11-21(23)29)24-5-4-14-37-24/h4-16H,29H2,1-3H3,(H,31,32)(H,34,36)(H,30,33,35). The lowest BCUT2D eigenvalue weighted by atomic mass is 10.1. The van der Waals surface area contributed by atoms with Crippen molar-refractivity contribution in [1.82, 2.24) is 19.9 Å². The van der Waals surface area contributed by atoms with Gasteiger partial charge < -0.3 is 21.4 Å². The van der Waals surface area contributed by atoms with E-state index in [0.29, 0.717) is 22.9 Å². The number of nitrogen functional groups attached to an aromatic ring is 1. The van der Waals surface area contributed by atoms with Crippen LogP contribution in [0.25, 0.3) is 21.8 Å². The number of rotatable bonds is 7. The van der Waals surface area contributed by atoms with E-state index >= 15 is 0 Å². The van der Waals surface area contributed by atoms with Crippen molar-refractivity contribution < 1.29 is 4.79 Å². The zero-order valence-corrected chi connectivity index (χ0v) is 21.6. The zero-order chi connectivity index (χ0) is 25.9. The van der Waals surface area contributed by atoms with Crippen LogP contribution in [0, 0.1) is 6.92 Å². The fourth-order valence-electron chi connectivity index (χ4n) is 3.96. The molecule has 0 aliphatic carbocycles. The maximum Gasteiger partial charge on any atom is 0.255 e. The van der Waals surface area contributed by atoms with Crippen molar-refractivity contribution in [3.63, 3.8) is 0 Å². The molecule has 5 aromatic rings. The fourth-order valence-corrected chi connectivity index (χ4v) is 4.69. The number of H-pyrrole nitrogens is 1. The van der Waals surface area contributed by atoms with Gasteiger partial charge in [-0.1, -0.05) is 26.0 Å². The summed E-state index contributed by atoms with van der Waals surface area (Å²) in [5.74, 6) is 1.34. The second-order valence-corrected chi connectivity index (χ2v) is 9.89. The molecule has 5 rings (SSSR count). The number of nitrogens with zero attached hydrogens (tertiary/aromatic N) is 3. The summed E-state index contributed by atoms with van der Waals surface area (Å²) < 4.78 is 0. The molecule has 3 heterocycles. The van der Waals surface area contributed by atoms with E-state index in [-0.39, 0.29) is 11.8 Å². The van der Waals surface area contributed by atoms with Crippen LogP contribution < -0.4 is 16.4 Å². The second-order valence-electron chi connectivity index (χ2n) is 8.94. The van der Waals surface area contributed by atoms with Gasteiger partial charge in [-0.3, -0.25) is 4.79 Å². The van der Waals surface area contributed by atoms with Crippen molar-refractivity contribution >= 4 is 40.3 Å². The van der Waals surface area contributed by atoms with Gasteiger partial charge in [0.1, 0.15) is 11.5 Å². The third-order valence-electron chi connectivity index (χ3n) is 5.84. The van der Waals surface area contributed by atoms with E-state index in [2.05, 4.69) is 44.4 Å². The number of nitrogens with two attached hydrogens (primary N) is 1. The van der Waals surface area contributed by atoms with Gasteiger partial charge in [0, 0.05) is 28.0 Å². The van der Waals surface area contributed by atoms with Gasteiger partial charge in [0.2, 0.25) is 5.95 Å². The number of nitrogens with one attached hydrogen (secondary N) is 3. The lowest BCUT2D eigenvalue weighted by Crippen LogP contribution is -2.13. The van der Waals surface area contributed by atoms with Gasteiger partial charge in [-0.2, -0.15) is 0 Å². The molecular weight excluding hydrogens is 482 g/mol. The Bertz CT molecular complexity index is 1540. The zero-order valence-electron chi connectivity index (χ0n) is 20.7. The minimum Gasteiger partial charge on any atom is -0.397 e. The average Bonchev–Trinajstić information content (AvgIpc) is 3.56. The molecule has 1 amide bonds. The highest BCUT2D eigenvalue weighted by atomic mass is 32.1. The summed E-state index contributed by atoms with van der Waals surface area (Å²) in [4.78, 5) is 30.9. The summed E-state index contributed by atoms with van der Waals surface area (Å²) >= 11 is 1.63. The Kier molecular flexibility index (Phi) is 6.70. The lowest BCUT2D eigenvalue weighted by molar-refractivity contribution is 0.102. The van der Waals surface area contributed by atoms with Crippen LogP contribution in [0.5, 0.6) is 0 Å². The number of anilines is 4. The van der Waals surface area contributed by atoms with Crippen LogP contribution in [0.3, 0.4) is 0 Å². The van der Waals surface area contributed by atoms with E-state index in [1.807, 2.05) is 54.8 Å². The third-order valence-corrected chi connectivity index (χ3v) is 6.76. The van der Waals surface area contributed by atoms with Crippen LogP contribution in [0.2, 0.25) is 0 Å². The SMILES string of the molecule is Cc1nc(-c2ccnc(Nc3ccc(C(=O)Nc4cc(-c5cccs5)ccc4N)cc3)n2)c(C(C)C)[nH]1. The van der Waals surface area contributed by atoms with Gasteiger partial charge in [-0.15, -0.1) is 11.3 Å². The van der Waals surface area contributed by atoms with Crippen LogP contribution in [0.1, 0.15) is 41.6 Å². The van der Waals surface area contributed by atoms with Crippen LogP contribution in [-0.4, -0.2) is 25.8 Å². The van der Waals surface area contributed by atoms with Gasteiger partial charge in [0.05, 0.1) is 17.1 Å². The van der Waals surface area contributed by atoms with E-state index < -0.39 is 0 Å². The van der Waals surface area contributed by atoms with Crippen LogP contribution in [0.4, 0.5) is 23.0 Å². The first-order valence-electron chi connectivity index (χ1n) is 11.9. The summed E-state index contributed by atoms with van der Waals surface area (Å²) in [5.41, 5.74) is 12.1. The molecule has 0 saturated heterocycles. The first kappa shape index (κ1) is 24.2.